The second kappa shape index (κ2) is 8.22. The van der Waals surface area contributed by atoms with Gasteiger partial charge in [-0.2, -0.15) is 4.31 Å². The van der Waals surface area contributed by atoms with Crippen molar-refractivity contribution in [2.75, 3.05) is 32.8 Å². The summed E-state index contributed by atoms with van der Waals surface area (Å²) in [5.41, 5.74) is 0.0337. The summed E-state index contributed by atoms with van der Waals surface area (Å²) in [4.78, 5) is 28.7. The van der Waals surface area contributed by atoms with Gasteiger partial charge >= 0.3 is 5.97 Å². The Labute approximate surface area is 153 Å². The third-order valence-electron chi connectivity index (χ3n) is 4.86. The van der Waals surface area contributed by atoms with Gasteiger partial charge in [0.2, 0.25) is 10.0 Å². The smallest absolute Gasteiger partial charge is 0.355 e. The molecule has 2 aliphatic rings. The number of carbonyl (C=O) groups is 2. The molecule has 2 saturated heterocycles. The van der Waals surface area contributed by atoms with Crippen molar-refractivity contribution < 1.29 is 22.7 Å². The molecule has 0 saturated carbocycles. The van der Waals surface area contributed by atoms with Crippen molar-refractivity contribution in [1.29, 1.82) is 0 Å². The molecule has 2 aliphatic heterocycles. The fourth-order valence-electron chi connectivity index (χ4n) is 3.34. The molecule has 26 heavy (non-hydrogen) atoms. The molecule has 0 spiro atoms. The summed E-state index contributed by atoms with van der Waals surface area (Å²) in [5.74, 6) is -0.937. The van der Waals surface area contributed by atoms with Crippen LogP contribution >= 0.6 is 0 Å². The lowest BCUT2D eigenvalue weighted by Crippen LogP contribution is -2.35. The Hall–Kier alpha value is -1.87. The Balaban J connectivity index is 1.57. The highest BCUT2D eigenvalue weighted by Gasteiger charge is 2.29. The van der Waals surface area contributed by atoms with Crippen LogP contribution < -0.4 is 0 Å². The molecular weight excluding hydrogens is 358 g/mol. The molecule has 0 aliphatic carbocycles. The van der Waals surface area contributed by atoms with Crippen molar-refractivity contribution >= 4 is 21.9 Å². The molecule has 9 heteroatoms. The number of nitrogens with one attached hydrogen (secondary N) is 1. The zero-order chi connectivity index (χ0) is 18.6. The minimum atomic E-state index is -3.58. The molecule has 1 N–H and O–H groups in total. The van der Waals surface area contributed by atoms with E-state index in [9.17, 15) is 18.0 Å². The van der Waals surface area contributed by atoms with Crippen molar-refractivity contribution in [2.24, 2.45) is 0 Å². The summed E-state index contributed by atoms with van der Waals surface area (Å²) in [7, 11) is -3.58. The van der Waals surface area contributed by atoms with Crippen LogP contribution in [0.3, 0.4) is 0 Å². The predicted octanol–water partition coefficient (Wildman–Crippen LogP) is 1.36. The maximum Gasteiger partial charge on any atom is 0.355 e. The van der Waals surface area contributed by atoms with Crippen molar-refractivity contribution in [1.82, 2.24) is 14.2 Å². The quantitative estimate of drug-likeness (QED) is 0.774. The van der Waals surface area contributed by atoms with Crippen molar-refractivity contribution in [2.45, 2.75) is 43.4 Å². The molecule has 1 aromatic rings. The summed E-state index contributed by atoms with van der Waals surface area (Å²) < 4.78 is 31.4. The first-order valence-electron chi connectivity index (χ1n) is 9.12. The highest BCUT2D eigenvalue weighted by molar-refractivity contribution is 7.89. The predicted molar refractivity (Wildman–Crippen MR) is 94.1 cm³/mol. The van der Waals surface area contributed by atoms with Gasteiger partial charge in [-0.25, -0.2) is 13.2 Å². The number of esters is 1. The van der Waals surface area contributed by atoms with E-state index in [4.69, 9.17) is 4.74 Å². The number of nitrogens with zero attached hydrogens (tertiary/aromatic N) is 2. The topological polar surface area (TPSA) is 99.8 Å². The van der Waals surface area contributed by atoms with Crippen LogP contribution in [-0.2, 0) is 19.6 Å². The number of hydrogen-bond acceptors (Lipinski definition) is 5. The number of hydrogen-bond donors (Lipinski definition) is 1. The summed E-state index contributed by atoms with van der Waals surface area (Å²) in [5, 5.41) is 0. The van der Waals surface area contributed by atoms with Gasteiger partial charge in [0.25, 0.3) is 5.91 Å². The summed E-state index contributed by atoms with van der Waals surface area (Å²) in [6.45, 7) is 2.05. The van der Waals surface area contributed by atoms with Crippen molar-refractivity contribution in [3.63, 3.8) is 0 Å². The van der Waals surface area contributed by atoms with E-state index in [1.807, 2.05) is 0 Å². The summed E-state index contributed by atoms with van der Waals surface area (Å²) in [6, 6.07) is 1.27. The minimum Gasteiger partial charge on any atom is -0.451 e. The Morgan fingerprint density at radius 1 is 1.00 bits per heavy atom. The average molecular weight is 383 g/mol. The number of rotatable bonds is 5. The summed E-state index contributed by atoms with van der Waals surface area (Å²) in [6.07, 6.45) is 7.14. The van der Waals surface area contributed by atoms with E-state index in [0.717, 1.165) is 38.5 Å². The number of sulfonamides is 1. The zero-order valence-corrected chi connectivity index (χ0v) is 15.6. The molecule has 0 radical (unpaired) electrons. The average Bonchev–Trinajstić information content (AvgIpc) is 3.27. The molecular formula is C17H25N3O5S. The van der Waals surface area contributed by atoms with Gasteiger partial charge in [0.1, 0.15) is 10.6 Å². The number of aromatic nitrogens is 1. The van der Waals surface area contributed by atoms with Gasteiger partial charge in [0.15, 0.2) is 6.61 Å². The Kier molecular flexibility index (Phi) is 5.98. The standard InChI is InChI=1S/C17H25N3O5S/c21-16(19-7-3-1-2-4-8-19)13-25-17(22)15-11-14(12-18-15)26(23,24)20-9-5-6-10-20/h11-12,18H,1-10,13H2. The first-order chi connectivity index (χ1) is 12.5. The molecule has 8 nitrogen and oxygen atoms in total. The fourth-order valence-corrected chi connectivity index (χ4v) is 4.85. The van der Waals surface area contributed by atoms with Gasteiger partial charge in [-0.1, -0.05) is 12.8 Å². The normalized spacial score (nSPS) is 19.3. The number of likely N-dealkylation sites (tertiary alicyclic amines) is 1. The lowest BCUT2D eigenvalue weighted by Gasteiger charge is -2.19. The van der Waals surface area contributed by atoms with Gasteiger partial charge < -0.3 is 14.6 Å². The number of amides is 1. The molecule has 0 atom stereocenters. The number of H-pyrrole nitrogens is 1. The zero-order valence-electron chi connectivity index (χ0n) is 14.8. The van der Waals surface area contributed by atoms with E-state index in [0.29, 0.717) is 26.2 Å². The lowest BCUT2D eigenvalue weighted by molar-refractivity contribution is -0.134. The van der Waals surface area contributed by atoms with Gasteiger partial charge in [-0.05, 0) is 31.7 Å². The molecule has 2 fully saturated rings. The maximum absolute atomic E-state index is 12.5. The van der Waals surface area contributed by atoms with Crippen LogP contribution in [0.5, 0.6) is 0 Å². The van der Waals surface area contributed by atoms with Crippen LogP contribution in [0.25, 0.3) is 0 Å². The number of ether oxygens (including phenoxy) is 1. The molecule has 0 aromatic carbocycles. The summed E-state index contributed by atoms with van der Waals surface area (Å²) >= 11 is 0. The Bertz CT molecular complexity index is 744. The molecule has 3 rings (SSSR count). The lowest BCUT2D eigenvalue weighted by atomic mass is 10.2. The third kappa shape index (κ3) is 4.27. The van der Waals surface area contributed by atoms with Crippen molar-refractivity contribution in [3.05, 3.63) is 18.0 Å². The second-order valence-electron chi connectivity index (χ2n) is 6.73. The van der Waals surface area contributed by atoms with E-state index >= 15 is 0 Å². The highest BCUT2D eigenvalue weighted by atomic mass is 32.2. The van der Waals surface area contributed by atoms with Gasteiger partial charge in [-0.3, -0.25) is 4.79 Å². The fraction of sp³-hybridized carbons (Fsp3) is 0.647. The van der Waals surface area contributed by atoms with Crippen LogP contribution in [-0.4, -0.2) is 67.3 Å². The maximum atomic E-state index is 12.5. The van der Waals surface area contributed by atoms with Crippen LogP contribution in [0, 0.1) is 0 Å². The second-order valence-corrected chi connectivity index (χ2v) is 8.67. The van der Waals surface area contributed by atoms with Crippen LogP contribution in [0.2, 0.25) is 0 Å². The Morgan fingerprint density at radius 3 is 2.27 bits per heavy atom. The molecule has 0 unspecified atom stereocenters. The SMILES string of the molecule is O=C(OCC(=O)N1CCCCCC1)c1cc(S(=O)(=O)N2CCCC2)c[nH]1. The van der Waals surface area contributed by atoms with E-state index in [-0.39, 0.29) is 23.1 Å². The number of aromatic amines is 1. The van der Waals surface area contributed by atoms with Gasteiger partial charge in [0, 0.05) is 32.4 Å². The van der Waals surface area contributed by atoms with Crippen molar-refractivity contribution in [3.8, 4) is 0 Å². The van der Waals surface area contributed by atoms with Crippen LogP contribution in [0.15, 0.2) is 17.2 Å². The monoisotopic (exact) mass is 383 g/mol. The Morgan fingerprint density at radius 2 is 1.62 bits per heavy atom. The molecule has 1 aromatic heterocycles. The third-order valence-corrected chi connectivity index (χ3v) is 6.74. The first-order valence-corrected chi connectivity index (χ1v) is 10.6. The largest absolute Gasteiger partial charge is 0.451 e. The van der Waals surface area contributed by atoms with E-state index in [1.165, 1.54) is 16.6 Å². The molecule has 3 heterocycles. The molecule has 144 valence electrons. The minimum absolute atomic E-state index is 0.0337. The molecule has 1 amide bonds. The van der Waals surface area contributed by atoms with E-state index < -0.39 is 16.0 Å². The number of carbonyl (C=O) groups excluding carboxylic acids is 2. The van der Waals surface area contributed by atoms with Crippen LogP contribution in [0.4, 0.5) is 0 Å². The highest BCUT2D eigenvalue weighted by Crippen LogP contribution is 2.21. The first kappa shape index (κ1) is 18.9. The van der Waals surface area contributed by atoms with Gasteiger partial charge in [0.05, 0.1) is 0 Å². The van der Waals surface area contributed by atoms with E-state index in [1.54, 1.807) is 4.90 Å². The molecule has 0 bridgehead atoms. The van der Waals surface area contributed by atoms with Gasteiger partial charge in [-0.15, -0.1) is 0 Å². The van der Waals surface area contributed by atoms with Crippen LogP contribution in [0.1, 0.15) is 49.0 Å². The van der Waals surface area contributed by atoms with E-state index in [2.05, 4.69) is 4.98 Å².